The zero-order valence-electron chi connectivity index (χ0n) is 11.9. The molecule has 0 spiro atoms. The number of rotatable bonds is 7. The molecule has 0 heterocycles. The molecule has 0 aromatic heterocycles. The Morgan fingerprint density at radius 2 is 1.35 bits per heavy atom. The Labute approximate surface area is 107 Å². The second-order valence-electron chi connectivity index (χ2n) is 3.49. The zero-order chi connectivity index (χ0) is 13.8. The molecule has 0 fully saturated rings. The lowest BCUT2D eigenvalue weighted by atomic mass is 10.2. The quantitative estimate of drug-likeness (QED) is 0.479. The van der Waals surface area contributed by atoms with E-state index in [2.05, 4.69) is 19.9 Å². The lowest BCUT2D eigenvalue weighted by molar-refractivity contribution is 0.283. The van der Waals surface area contributed by atoms with Crippen molar-refractivity contribution in [3.05, 3.63) is 12.2 Å². The number of hydrogen-bond donors (Lipinski definition) is 3. The van der Waals surface area contributed by atoms with Gasteiger partial charge in [0.15, 0.2) is 0 Å². The summed E-state index contributed by atoms with van der Waals surface area (Å²) in [6.07, 6.45) is 10.6. The summed E-state index contributed by atoms with van der Waals surface area (Å²) in [5.41, 5.74) is 0. The van der Waals surface area contributed by atoms with E-state index in [1.54, 1.807) is 6.92 Å². The molecule has 0 amide bonds. The van der Waals surface area contributed by atoms with Crippen LogP contribution in [0.2, 0.25) is 0 Å². The lowest BCUT2D eigenvalue weighted by Gasteiger charge is -1.90. The van der Waals surface area contributed by atoms with Crippen LogP contribution in [0.4, 0.5) is 0 Å². The topological polar surface area (TPSA) is 60.7 Å². The fourth-order valence-corrected chi connectivity index (χ4v) is 0.898. The molecule has 3 heteroatoms. The van der Waals surface area contributed by atoms with Crippen molar-refractivity contribution in [2.75, 3.05) is 19.8 Å². The van der Waals surface area contributed by atoms with Gasteiger partial charge in [0, 0.05) is 19.8 Å². The fourth-order valence-electron chi connectivity index (χ4n) is 0.898. The van der Waals surface area contributed by atoms with E-state index in [0.717, 1.165) is 19.3 Å². The maximum atomic E-state index is 8.29. The van der Waals surface area contributed by atoms with Crippen molar-refractivity contribution < 1.29 is 15.3 Å². The van der Waals surface area contributed by atoms with Gasteiger partial charge in [-0.25, -0.2) is 0 Å². The summed E-state index contributed by atoms with van der Waals surface area (Å²) in [5.74, 6) is 0. The molecular weight excluding hydrogens is 216 g/mol. The van der Waals surface area contributed by atoms with Crippen molar-refractivity contribution >= 4 is 0 Å². The molecule has 0 aliphatic rings. The van der Waals surface area contributed by atoms with Gasteiger partial charge in [0.25, 0.3) is 0 Å². The van der Waals surface area contributed by atoms with Crippen LogP contribution in [0.3, 0.4) is 0 Å². The first-order chi connectivity index (χ1) is 8.24. The highest BCUT2D eigenvalue weighted by Gasteiger charge is 1.80. The molecule has 0 atom stereocenters. The Morgan fingerprint density at radius 1 is 0.765 bits per heavy atom. The normalized spacial score (nSPS) is 9.29. The predicted octanol–water partition coefficient (Wildman–Crippen LogP) is 2.89. The van der Waals surface area contributed by atoms with Crippen LogP contribution in [0.5, 0.6) is 0 Å². The number of unbranched alkanes of at least 4 members (excludes halogenated alkanes) is 3. The van der Waals surface area contributed by atoms with Crippen LogP contribution in [0.15, 0.2) is 12.2 Å². The third-order valence-corrected chi connectivity index (χ3v) is 1.71. The van der Waals surface area contributed by atoms with Gasteiger partial charge in [0.2, 0.25) is 0 Å². The van der Waals surface area contributed by atoms with Crippen LogP contribution in [0.25, 0.3) is 0 Å². The molecule has 0 bridgehead atoms. The van der Waals surface area contributed by atoms with E-state index in [4.69, 9.17) is 15.3 Å². The molecule has 0 radical (unpaired) electrons. The van der Waals surface area contributed by atoms with Crippen LogP contribution in [-0.2, 0) is 0 Å². The molecule has 17 heavy (non-hydrogen) atoms. The van der Waals surface area contributed by atoms with E-state index in [1.807, 2.05) is 6.08 Å². The Balaban J connectivity index is -0.000000188. The van der Waals surface area contributed by atoms with Crippen molar-refractivity contribution in [2.24, 2.45) is 0 Å². The molecule has 0 saturated heterocycles. The van der Waals surface area contributed by atoms with E-state index in [0.29, 0.717) is 6.61 Å². The molecule has 0 aromatic rings. The maximum absolute atomic E-state index is 8.29. The Morgan fingerprint density at radius 3 is 1.71 bits per heavy atom. The molecule has 106 valence electrons. The number of aliphatic hydroxyl groups is 3. The summed E-state index contributed by atoms with van der Waals surface area (Å²) in [4.78, 5) is 0. The first-order valence-electron chi connectivity index (χ1n) is 6.72. The molecule has 0 rings (SSSR count). The monoisotopic (exact) mass is 248 g/mol. The summed E-state index contributed by atoms with van der Waals surface area (Å²) in [7, 11) is 0. The molecule has 0 aromatic carbocycles. The molecule has 0 aliphatic heterocycles. The Kier molecular flexibility index (Phi) is 38.1. The van der Waals surface area contributed by atoms with Gasteiger partial charge in [0.05, 0.1) is 0 Å². The van der Waals surface area contributed by atoms with E-state index in [9.17, 15) is 0 Å². The summed E-state index contributed by atoms with van der Waals surface area (Å²) >= 11 is 0. The van der Waals surface area contributed by atoms with Gasteiger partial charge in [-0.05, 0) is 26.2 Å². The van der Waals surface area contributed by atoms with Gasteiger partial charge in [-0.3, -0.25) is 0 Å². The average molecular weight is 248 g/mol. The van der Waals surface area contributed by atoms with Crippen molar-refractivity contribution in [1.29, 1.82) is 0 Å². The summed E-state index contributed by atoms with van der Waals surface area (Å²) < 4.78 is 0. The Bertz CT molecular complexity index is 110. The van der Waals surface area contributed by atoms with E-state index in [-0.39, 0.29) is 13.2 Å². The van der Waals surface area contributed by atoms with Gasteiger partial charge in [-0.2, -0.15) is 0 Å². The summed E-state index contributed by atoms with van der Waals surface area (Å²) in [6.45, 7) is 6.81. The molecular formula is C14H32O3. The first-order valence-corrected chi connectivity index (χ1v) is 6.72. The fraction of sp³-hybridized carbons (Fsp3) is 0.857. The summed E-state index contributed by atoms with van der Waals surface area (Å²) in [5, 5.41) is 24.1. The van der Waals surface area contributed by atoms with Crippen molar-refractivity contribution in [3.8, 4) is 0 Å². The third-order valence-electron chi connectivity index (χ3n) is 1.71. The summed E-state index contributed by atoms with van der Waals surface area (Å²) in [6, 6.07) is 0. The molecule has 3 nitrogen and oxygen atoms in total. The third kappa shape index (κ3) is 49.9. The molecule has 3 N–H and O–H groups in total. The number of aliphatic hydroxyl groups excluding tert-OH is 3. The van der Waals surface area contributed by atoms with Crippen LogP contribution >= 0.6 is 0 Å². The minimum Gasteiger partial charge on any atom is -0.397 e. The van der Waals surface area contributed by atoms with E-state index >= 15 is 0 Å². The predicted molar refractivity (Wildman–Crippen MR) is 75.1 cm³/mol. The van der Waals surface area contributed by atoms with E-state index < -0.39 is 0 Å². The molecule has 0 unspecified atom stereocenters. The number of hydrogen-bond acceptors (Lipinski definition) is 3. The van der Waals surface area contributed by atoms with Gasteiger partial charge in [0.1, 0.15) is 0 Å². The molecule has 0 saturated carbocycles. The minimum atomic E-state index is 0.250. The lowest BCUT2D eigenvalue weighted by Crippen LogP contribution is -1.80. The maximum Gasteiger partial charge on any atom is 0.0465 e. The van der Waals surface area contributed by atoms with Crippen LogP contribution < -0.4 is 0 Å². The second-order valence-corrected chi connectivity index (χ2v) is 3.49. The van der Waals surface area contributed by atoms with Gasteiger partial charge >= 0.3 is 0 Å². The van der Waals surface area contributed by atoms with Gasteiger partial charge in [-0.1, -0.05) is 45.3 Å². The van der Waals surface area contributed by atoms with Crippen molar-refractivity contribution in [3.63, 3.8) is 0 Å². The second kappa shape index (κ2) is 29.6. The Hall–Kier alpha value is -0.380. The van der Waals surface area contributed by atoms with Gasteiger partial charge < -0.3 is 15.3 Å². The molecule has 0 aliphatic carbocycles. The van der Waals surface area contributed by atoms with Crippen LogP contribution in [-0.4, -0.2) is 35.1 Å². The van der Waals surface area contributed by atoms with Gasteiger partial charge in [-0.15, -0.1) is 0 Å². The zero-order valence-corrected chi connectivity index (χ0v) is 11.9. The highest BCUT2D eigenvalue weighted by molar-refractivity contribution is 4.79. The van der Waals surface area contributed by atoms with Crippen molar-refractivity contribution in [1.82, 2.24) is 0 Å². The standard InChI is InChI=1S/C6H14O.C6H12O.C2H6O/c2*1-2-3-4-5-6-7;1-2-3/h7H,2-6H2,1H3;3-4,7H,2,5-6H2,1H3;3H,2H2,1H3/b;4-3+;. The highest BCUT2D eigenvalue weighted by atomic mass is 16.3. The van der Waals surface area contributed by atoms with Crippen LogP contribution in [0.1, 0.15) is 59.3 Å². The minimum absolute atomic E-state index is 0.250. The first kappa shape index (κ1) is 21.9. The van der Waals surface area contributed by atoms with Crippen LogP contribution in [0, 0.1) is 0 Å². The largest absolute Gasteiger partial charge is 0.397 e. The van der Waals surface area contributed by atoms with E-state index in [1.165, 1.54) is 19.3 Å². The SMILES string of the molecule is CC/C=C/CCO.CCCCCCO.CCO. The average Bonchev–Trinajstić information content (AvgIpc) is 2.32. The highest BCUT2D eigenvalue weighted by Crippen LogP contribution is 1.96. The smallest absolute Gasteiger partial charge is 0.0465 e. The van der Waals surface area contributed by atoms with Crippen molar-refractivity contribution in [2.45, 2.75) is 59.3 Å². The number of allylic oxidation sites excluding steroid dienone is 1.